The van der Waals surface area contributed by atoms with Gasteiger partial charge in [0.2, 0.25) is 5.28 Å². The third-order valence-electron chi connectivity index (χ3n) is 3.40. The summed E-state index contributed by atoms with van der Waals surface area (Å²) in [5.41, 5.74) is 1.81. The highest BCUT2D eigenvalue weighted by Crippen LogP contribution is 2.34. The zero-order chi connectivity index (χ0) is 17.5. The van der Waals surface area contributed by atoms with Gasteiger partial charge in [-0.05, 0) is 49.1 Å². The second kappa shape index (κ2) is 8.59. The van der Waals surface area contributed by atoms with Crippen molar-refractivity contribution in [1.82, 2.24) is 9.97 Å². The molecule has 0 atom stereocenters. The minimum absolute atomic E-state index is 0.115. The van der Waals surface area contributed by atoms with Gasteiger partial charge in [-0.15, -0.1) is 0 Å². The highest BCUT2D eigenvalue weighted by atomic mass is 35.5. The molecule has 0 aliphatic carbocycles. The quantitative estimate of drug-likeness (QED) is 0.560. The summed E-state index contributed by atoms with van der Waals surface area (Å²) in [7, 11) is 1.52. The Balaban J connectivity index is 2.25. The number of carbonyl (C=O) groups is 1. The van der Waals surface area contributed by atoms with Crippen LogP contribution in [0, 0.1) is 5.82 Å². The van der Waals surface area contributed by atoms with E-state index in [1.807, 2.05) is 0 Å². The van der Waals surface area contributed by atoms with Crippen LogP contribution in [0.2, 0.25) is 5.28 Å². The van der Waals surface area contributed by atoms with Crippen molar-refractivity contribution in [1.29, 1.82) is 0 Å². The molecule has 0 N–H and O–H groups in total. The maximum Gasteiger partial charge on any atom is 0.305 e. The highest BCUT2D eigenvalue weighted by molar-refractivity contribution is 6.28. The Morgan fingerprint density at radius 2 is 2.00 bits per heavy atom. The van der Waals surface area contributed by atoms with Gasteiger partial charge in [0.05, 0.1) is 13.7 Å². The highest BCUT2D eigenvalue weighted by Gasteiger charge is 2.15. The van der Waals surface area contributed by atoms with Crippen molar-refractivity contribution < 1.29 is 18.7 Å². The standard InChI is InChI=1S/C17H18ClFN2O3/c1-3-24-15(22)6-4-5-11-7-13(19)8-14(16(11)23-2)12-9-20-17(18)21-10-12/h7-10H,3-6H2,1-2H3. The van der Waals surface area contributed by atoms with Crippen molar-refractivity contribution >= 4 is 17.6 Å². The van der Waals surface area contributed by atoms with Crippen LogP contribution in [0.1, 0.15) is 25.3 Å². The Morgan fingerprint density at radius 3 is 2.62 bits per heavy atom. The molecule has 0 radical (unpaired) electrons. The Hall–Kier alpha value is -2.21. The van der Waals surface area contributed by atoms with E-state index in [0.29, 0.717) is 41.9 Å². The summed E-state index contributed by atoms with van der Waals surface area (Å²) in [5, 5.41) is 0.115. The van der Waals surface area contributed by atoms with Crippen molar-refractivity contribution in [2.45, 2.75) is 26.2 Å². The van der Waals surface area contributed by atoms with Crippen LogP contribution >= 0.6 is 11.6 Å². The fourth-order valence-corrected chi connectivity index (χ4v) is 2.50. The van der Waals surface area contributed by atoms with E-state index in [9.17, 15) is 9.18 Å². The minimum Gasteiger partial charge on any atom is -0.496 e. The molecule has 1 heterocycles. The van der Waals surface area contributed by atoms with Crippen LogP contribution in [0.3, 0.4) is 0 Å². The maximum absolute atomic E-state index is 14.0. The van der Waals surface area contributed by atoms with Gasteiger partial charge < -0.3 is 9.47 Å². The molecular weight excluding hydrogens is 335 g/mol. The van der Waals surface area contributed by atoms with E-state index in [-0.39, 0.29) is 17.7 Å². The number of carbonyl (C=O) groups excluding carboxylic acids is 1. The van der Waals surface area contributed by atoms with E-state index >= 15 is 0 Å². The molecule has 1 aromatic carbocycles. The topological polar surface area (TPSA) is 61.3 Å². The third kappa shape index (κ3) is 4.64. The van der Waals surface area contributed by atoms with Gasteiger partial charge in [-0.25, -0.2) is 14.4 Å². The molecule has 0 saturated carbocycles. The van der Waals surface area contributed by atoms with Crippen molar-refractivity contribution in [3.05, 3.63) is 41.2 Å². The number of esters is 1. The molecular formula is C17H18ClFN2O3. The fourth-order valence-electron chi connectivity index (χ4n) is 2.40. The number of rotatable bonds is 7. The van der Waals surface area contributed by atoms with Gasteiger partial charge in [-0.2, -0.15) is 0 Å². The lowest BCUT2D eigenvalue weighted by Crippen LogP contribution is -2.05. The van der Waals surface area contributed by atoms with Crippen LogP contribution < -0.4 is 4.74 Å². The third-order valence-corrected chi connectivity index (χ3v) is 3.59. The van der Waals surface area contributed by atoms with Crippen molar-refractivity contribution in [3.63, 3.8) is 0 Å². The first-order valence-electron chi connectivity index (χ1n) is 7.55. The number of hydrogen-bond donors (Lipinski definition) is 0. The predicted molar refractivity (Wildman–Crippen MR) is 88.6 cm³/mol. The summed E-state index contributed by atoms with van der Waals surface area (Å²) < 4.78 is 24.3. The molecule has 0 fully saturated rings. The van der Waals surface area contributed by atoms with Gasteiger partial charge in [0.15, 0.2) is 0 Å². The molecule has 0 spiro atoms. The molecule has 0 aliphatic rings. The molecule has 0 aliphatic heterocycles. The van der Waals surface area contributed by atoms with Gasteiger partial charge in [-0.3, -0.25) is 4.79 Å². The average molecular weight is 353 g/mol. The number of hydrogen-bond acceptors (Lipinski definition) is 5. The lowest BCUT2D eigenvalue weighted by Gasteiger charge is -2.14. The smallest absolute Gasteiger partial charge is 0.305 e. The Labute approximate surface area is 144 Å². The summed E-state index contributed by atoms with van der Waals surface area (Å²) in [4.78, 5) is 19.2. The maximum atomic E-state index is 14.0. The largest absolute Gasteiger partial charge is 0.496 e. The van der Waals surface area contributed by atoms with Gasteiger partial charge in [0, 0.05) is 29.9 Å². The number of aromatic nitrogens is 2. The molecule has 2 aromatic rings. The van der Waals surface area contributed by atoms with Gasteiger partial charge >= 0.3 is 5.97 Å². The molecule has 7 heteroatoms. The molecule has 0 saturated heterocycles. The summed E-state index contributed by atoms with van der Waals surface area (Å²) in [6, 6.07) is 2.77. The molecule has 5 nitrogen and oxygen atoms in total. The Morgan fingerprint density at radius 1 is 1.29 bits per heavy atom. The normalized spacial score (nSPS) is 10.5. The first-order chi connectivity index (χ1) is 11.5. The first kappa shape index (κ1) is 18.1. The Kier molecular flexibility index (Phi) is 6.49. The molecule has 0 unspecified atom stereocenters. The zero-order valence-corrected chi connectivity index (χ0v) is 14.3. The summed E-state index contributed by atoms with van der Waals surface area (Å²) >= 11 is 5.69. The van der Waals surface area contributed by atoms with Crippen LogP contribution in [-0.4, -0.2) is 29.7 Å². The monoisotopic (exact) mass is 352 g/mol. The minimum atomic E-state index is -0.396. The number of ether oxygens (including phenoxy) is 2. The second-order valence-electron chi connectivity index (χ2n) is 5.05. The van der Waals surface area contributed by atoms with Crippen LogP contribution in [0.4, 0.5) is 4.39 Å². The number of nitrogens with zero attached hydrogens (tertiary/aromatic N) is 2. The van der Waals surface area contributed by atoms with E-state index in [4.69, 9.17) is 21.1 Å². The fraction of sp³-hybridized carbons (Fsp3) is 0.353. The lowest BCUT2D eigenvalue weighted by molar-refractivity contribution is -0.143. The number of halogens is 2. The van der Waals surface area contributed by atoms with Gasteiger partial charge in [0.25, 0.3) is 0 Å². The van der Waals surface area contributed by atoms with Crippen molar-refractivity contribution in [3.8, 4) is 16.9 Å². The van der Waals surface area contributed by atoms with E-state index in [2.05, 4.69) is 9.97 Å². The van der Waals surface area contributed by atoms with Crippen LogP contribution in [0.5, 0.6) is 5.75 Å². The first-order valence-corrected chi connectivity index (χ1v) is 7.93. The predicted octanol–water partition coefficient (Wildman–Crippen LogP) is 3.83. The van der Waals surface area contributed by atoms with E-state index in [1.54, 1.807) is 6.92 Å². The zero-order valence-electron chi connectivity index (χ0n) is 13.5. The molecule has 0 amide bonds. The van der Waals surface area contributed by atoms with Gasteiger partial charge in [-0.1, -0.05) is 0 Å². The molecule has 24 heavy (non-hydrogen) atoms. The molecule has 2 rings (SSSR count). The van der Waals surface area contributed by atoms with Crippen molar-refractivity contribution in [2.75, 3.05) is 13.7 Å². The van der Waals surface area contributed by atoms with Crippen molar-refractivity contribution in [2.24, 2.45) is 0 Å². The van der Waals surface area contributed by atoms with E-state index in [1.165, 1.54) is 31.6 Å². The van der Waals surface area contributed by atoms with Crippen LogP contribution in [0.15, 0.2) is 24.5 Å². The van der Waals surface area contributed by atoms with Crippen LogP contribution in [0.25, 0.3) is 11.1 Å². The van der Waals surface area contributed by atoms with E-state index < -0.39 is 5.82 Å². The summed E-state index contributed by atoms with van der Waals surface area (Å²) in [6.07, 6.45) is 4.31. The van der Waals surface area contributed by atoms with E-state index in [0.717, 1.165) is 0 Å². The van der Waals surface area contributed by atoms with Gasteiger partial charge in [0.1, 0.15) is 11.6 Å². The van der Waals surface area contributed by atoms with Crippen LogP contribution in [-0.2, 0) is 16.0 Å². The summed E-state index contributed by atoms with van der Waals surface area (Å²) in [5.74, 6) is -0.128. The second-order valence-corrected chi connectivity index (χ2v) is 5.38. The Bertz CT molecular complexity index is 708. The molecule has 128 valence electrons. The lowest BCUT2D eigenvalue weighted by atomic mass is 9.99. The summed E-state index contributed by atoms with van der Waals surface area (Å²) in [6.45, 7) is 2.11. The SMILES string of the molecule is CCOC(=O)CCCc1cc(F)cc(-c2cnc(Cl)nc2)c1OC. The average Bonchev–Trinajstić information content (AvgIpc) is 2.55. The number of aryl methyl sites for hydroxylation is 1. The number of benzene rings is 1. The number of methoxy groups -OCH3 is 1. The molecule has 1 aromatic heterocycles. The molecule has 0 bridgehead atoms.